The van der Waals surface area contributed by atoms with Crippen LogP contribution >= 0.6 is 0 Å². The number of anilines is 1. The van der Waals surface area contributed by atoms with Crippen LogP contribution in [0.1, 0.15) is 68.3 Å². The maximum atomic E-state index is 13.0. The van der Waals surface area contributed by atoms with Crippen LogP contribution in [0.4, 0.5) is 5.69 Å². The summed E-state index contributed by atoms with van der Waals surface area (Å²) in [5, 5.41) is 18.6. The van der Waals surface area contributed by atoms with Crippen LogP contribution in [0.5, 0.6) is 0 Å². The summed E-state index contributed by atoms with van der Waals surface area (Å²) in [4.78, 5) is 30.8. The number of carbonyl (C=O) groups is 2. The molecule has 2 aromatic heterocycles. The lowest BCUT2D eigenvalue weighted by Crippen LogP contribution is -2.32. The third-order valence-electron chi connectivity index (χ3n) is 9.62. The minimum Gasteiger partial charge on any atom is -0.381 e. The van der Waals surface area contributed by atoms with E-state index in [1.165, 1.54) is 24.0 Å². The highest BCUT2D eigenvalue weighted by Crippen LogP contribution is 2.31. The lowest BCUT2D eigenvalue weighted by molar-refractivity contribution is -0.129. The van der Waals surface area contributed by atoms with Crippen LogP contribution in [-0.2, 0) is 46.8 Å². The molecule has 4 N–H and O–H groups in total. The van der Waals surface area contributed by atoms with Crippen molar-refractivity contribution in [1.82, 2.24) is 30.7 Å². The van der Waals surface area contributed by atoms with Gasteiger partial charge in [-0.05, 0) is 92.8 Å². The van der Waals surface area contributed by atoms with Gasteiger partial charge in [0.15, 0.2) is 5.65 Å². The fraction of sp³-hybridized carbons (Fsp3) is 0.474. The minimum absolute atomic E-state index is 0.244. The first kappa shape index (κ1) is 33.6. The first-order chi connectivity index (χ1) is 23.5. The van der Waals surface area contributed by atoms with Gasteiger partial charge in [-0.2, -0.15) is 5.10 Å². The normalized spacial score (nSPS) is 15.8. The Balaban J connectivity index is 1.06. The molecule has 2 fully saturated rings. The van der Waals surface area contributed by atoms with Gasteiger partial charge in [0.05, 0.1) is 17.3 Å². The summed E-state index contributed by atoms with van der Waals surface area (Å²) in [5.41, 5.74) is 8.32. The molecule has 10 heteroatoms. The molecule has 0 unspecified atom stereocenters. The van der Waals surface area contributed by atoms with E-state index in [4.69, 9.17) is 9.72 Å². The van der Waals surface area contributed by atoms with Crippen molar-refractivity contribution in [3.05, 3.63) is 77.1 Å². The Bertz CT molecular complexity index is 1710. The van der Waals surface area contributed by atoms with Gasteiger partial charge in [-0.15, -0.1) is 0 Å². The number of benzene rings is 2. The molecule has 0 atom stereocenters. The zero-order valence-electron chi connectivity index (χ0n) is 28.3. The summed E-state index contributed by atoms with van der Waals surface area (Å²) in [7, 11) is 0. The highest BCUT2D eigenvalue weighted by atomic mass is 16.5. The quantitative estimate of drug-likeness (QED) is 0.148. The molecule has 0 spiro atoms. The van der Waals surface area contributed by atoms with Crippen molar-refractivity contribution in [1.29, 1.82) is 0 Å². The Morgan fingerprint density at radius 3 is 2.31 bits per heavy atom. The largest absolute Gasteiger partial charge is 0.381 e. The minimum atomic E-state index is -0.324. The van der Waals surface area contributed by atoms with Gasteiger partial charge in [0.25, 0.3) is 0 Å². The average molecular weight is 652 g/mol. The number of aromatic nitrogens is 3. The van der Waals surface area contributed by atoms with E-state index in [0.29, 0.717) is 13.0 Å². The molecule has 48 heavy (non-hydrogen) atoms. The maximum Gasteiger partial charge on any atom is 0.229 e. The molecule has 0 aliphatic carbocycles. The maximum absolute atomic E-state index is 13.0. The lowest BCUT2D eigenvalue weighted by Gasteiger charge is -2.26. The van der Waals surface area contributed by atoms with Crippen LogP contribution in [0, 0.1) is 5.92 Å². The SMILES string of the molecule is CCc1nc2c(cnn2CC)c(NC2CCOCC2)c1CNC(=O)CC(=O)NCc1cccc(-c2cccc(CC3CCNCC3)c2)c1. The van der Waals surface area contributed by atoms with E-state index in [9.17, 15) is 9.59 Å². The zero-order valence-corrected chi connectivity index (χ0v) is 28.3. The number of carbonyl (C=O) groups excluding carboxylic acids is 2. The Labute approximate surface area is 283 Å². The van der Waals surface area contributed by atoms with E-state index < -0.39 is 0 Å². The number of hydrogen-bond acceptors (Lipinski definition) is 7. The predicted molar refractivity (Wildman–Crippen MR) is 190 cm³/mol. The van der Waals surface area contributed by atoms with Crippen molar-refractivity contribution in [2.24, 2.45) is 5.92 Å². The molecule has 6 rings (SSSR count). The van der Waals surface area contributed by atoms with Crippen molar-refractivity contribution in [3.63, 3.8) is 0 Å². The van der Waals surface area contributed by atoms with E-state index >= 15 is 0 Å². The van der Waals surface area contributed by atoms with Crippen molar-refractivity contribution >= 4 is 28.5 Å². The summed E-state index contributed by atoms with van der Waals surface area (Å²) in [6.07, 6.45) is 7.70. The van der Waals surface area contributed by atoms with Gasteiger partial charge in [-0.3, -0.25) is 9.59 Å². The highest BCUT2D eigenvalue weighted by molar-refractivity contribution is 5.97. The molecule has 2 amide bonds. The Morgan fingerprint density at radius 1 is 0.917 bits per heavy atom. The number of hydrogen-bond donors (Lipinski definition) is 4. The molecule has 2 aromatic carbocycles. The van der Waals surface area contributed by atoms with Gasteiger partial charge in [-0.25, -0.2) is 9.67 Å². The molecule has 10 nitrogen and oxygen atoms in total. The molecule has 4 heterocycles. The smallest absolute Gasteiger partial charge is 0.229 e. The van der Waals surface area contributed by atoms with Crippen molar-refractivity contribution in [2.45, 2.75) is 84.5 Å². The Morgan fingerprint density at radius 2 is 1.60 bits per heavy atom. The van der Waals surface area contributed by atoms with Gasteiger partial charge < -0.3 is 26.0 Å². The van der Waals surface area contributed by atoms with E-state index in [1.54, 1.807) is 0 Å². The van der Waals surface area contributed by atoms with Crippen LogP contribution < -0.4 is 21.3 Å². The average Bonchev–Trinajstić information content (AvgIpc) is 3.54. The number of piperidine rings is 1. The first-order valence-corrected chi connectivity index (χ1v) is 17.6. The van der Waals surface area contributed by atoms with Gasteiger partial charge in [0.2, 0.25) is 11.8 Å². The molecule has 0 saturated carbocycles. The first-order valence-electron chi connectivity index (χ1n) is 17.6. The van der Waals surface area contributed by atoms with Gasteiger partial charge in [0.1, 0.15) is 6.42 Å². The third kappa shape index (κ3) is 8.41. The van der Waals surface area contributed by atoms with Crippen LogP contribution in [0.25, 0.3) is 22.2 Å². The number of nitrogens with one attached hydrogen (secondary N) is 4. The molecule has 0 bridgehead atoms. The fourth-order valence-corrected chi connectivity index (χ4v) is 6.92. The van der Waals surface area contributed by atoms with E-state index in [1.807, 2.05) is 23.0 Å². The molecule has 2 aliphatic heterocycles. The molecule has 0 radical (unpaired) electrons. The van der Waals surface area contributed by atoms with Crippen LogP contribution in [0.15, 0.2) is 54.7 Å². The zero-order chi connectivity index (χ0) is 33.3. The molecular weight excluding hydrogens is 602 g/mol. The fourth-order valence-electron chi connectivity index (χ4n) is 6.92. The number of rotatable bonds is 13. The number of pyridine rings is 1. The van der Waals surface area contributed by atoms with Crippen LogP contribution in [-0.4, -0.2) is 58.9 Å². The van der Waals surface area contributed by atoms with Crippen LogP contribution in [0.3, 0.4) is 0 Å². The van der Waals surface area contributed by atoms with E-state index in [-0.39, 0.29) is 30.8 Å². The second-order valence-electron chi connectivity index (χ2n) is 13.0. The van der Waals surface area contributed by atoms with Crippen molar-refractivity contribution < 1.29 is 14.3 Å². The molecular formula is C38H49N7O3. The summed E-state index contributed by atoms with van der Waals surface area (Å²) in [6, 6.07) is 17.3. The number of ether oxygens (including phenoxy) is 1. The summed E-state index contributed by atoms with van der Waals surface area (Å²) in [5.74, 6) is 0.0993. The Hall–Kier alpha value is -4.28. The third-order valence-corrected chi connectivity index (χ3v) is 9.62. The van der Waals surface area contributed by atoms with E-state index in [0.717, 1.165) is 97.1 Å². The Kier molecular flexibility index (Phi) is 11.4. The summed E-state index contributed by atoms with van der Waals surface area (Å²) < 4.78 is 7.48. The number of amides is 2. The second kappa shape index (κ2) is 16.2. The molecule has 2 saturated heterocycles. The highest BCUT2D eigenvalue weighted by Gasteiger charge is 2.22. The molecule has 2 aliphatic rings. The summed E-state index contributed by atoms with van der Waals surface area (Å²) >= 11 is 0. The van der Waals surface area contributed by atoms with Crippen molar-refractivity contribution in [2.75, 3.05) is 31.6 Å². The lowest BCUT2D eigenvalue weighted by atomic mass is 9.90. The van der Waals surface area contributed by atoms with Crippen molar-refractivity contribution in [3.8, 4) is 11.1 Å². The molecule has 254 valence electrons. The predicted octanol–water partition coefficient (Wildman–Crippen LogP) is 5.14. The number of fused-ring (bicyclic) bond motifs is 1. The number of aryl methyl sites for hydroxylation is 2. The van der Waals surface area contributed by atoms with E-state index in [2.05, 4.69) is 76.6 Å². The van der Waals surface area contributed by atoms with Gasteiger partial charge in [0, 0.05) is 50.1 Å². The topological polar surface area (TPSA) is 122 Å². The van der Waals surface area contributed by atoms with Gasteiger partial charge >= 0.3 is 0 Å². The second-order valence-corrected chi connectivity index (χ2v) is 13.0. The van der Waals surface area contributed by atoms with Crippen LogP contribution in [0.2, 0.25) is 0 Å². The van der Waals surface area contributed by atoms with Gasteiger partial charge in [-0.1, -0.05) is 49.4 Å². The number of nitrogens with zero attached hydrogens (tertiary/aromatic N) is 3. The summed E-state index contributed by atoms with van der Waals surface area (Å²) in [6.45, 7) is 9.13. The molecule has 4 aromatic rings. The monoisotopic (exact) mass is 651 g/mol. The standard InChI is InChI=1S/C38H49N7O3/c1-3-34-32(37(43-31-13-17-48-18-14-31)33-25-42-45(4-2)38(33)44-34)24-41-36(47)22-35(46)40-23-28-8-6-10-30(21-28)29-9-5-7-27(20-29)19-26-11-15-39-16-12-26/h5-10,20-21,25-26,31,39H,3-4,11-19,22-24H2,1-2H3,(H,40,46)(H,41,47)(H,43,44).